The molecule has 4 rings (SSSR count). The number of nitrogens with zero attached hydrogens (tertiary/aromatic N) is 5. The molecule has 0 aliphatic carbocycles. The summed E-state index contributed by atoms with van der Waals surface area (Å²) in [7, 11) is 0. The highest BCUT2D eigenvalue weighted by Crippen LogP contribution is 2.23. The van der Waals surface area contributed by atoms with E-state index in [4.69, 9.17) is 0 Å². The number of amides is 2. The van der Waals surface area contributed by atoms with E-state index in [1.807, 2.05) is 47.9 Å². The number of aryl methyl sites for hydroxylation is 1. The second-order valence-electron chi connectivity index (χ2n) is 8.58. The van der Waals surface area contributed by atoms with Crippen LogP contribution in [0.3, 0.4) is 0 Å². The van der Waals surface area contributed by atoms with Crippen LogP contribution in [-0.2, 0) is 4.79 Å². The molecule has 2 amide bonds. The molecule has 2 fully saturated rings. The van der Waals surface area contributed by atoms with Crippen molar-refractivity contribution in [3.8, 4) is 5.69 Å². The average molecular weight is 410 g/mol. The van der Waals surface area contributed by atoms with E-state index < -0.39 is 0 Å². The predicted molar refractivity (Wildman–Crippen MR) is 115 cm³/mol. The average Bonchev–Trinajstić information content (AvgIpc) is 2.97. The van der Waals surface area contributed by atoms with Crippen molar-refractivity contribution in [1.29, 1.82) is 0 Å². The van der Waals surface area contributed by atoms with Crippen LogP contribution in [0.25, 0.3) is 5.69 Å². The van der Waals surface area contributed by atoms with Crippen molar-refractivity contribution in [3.05, 3.63) is 41.2 Å². The second-order valence-corrected chi connectivity index (χ2v) is 8.58. The van der Waals surface area contributed by atoms with E-state index in [0.717, 1.165) is 50.2 Å². The van der Waals surface area contributed by atoms with Crippen molar-refractivity contribution in [2.45, 2.75) is 52.4 Å². The van der Waals surface area contributed by atoms with Gasteiger partial charge >= 0.3 is 0 Å². The van der Waals surface area contributed by atoms with E-state index >= 15 is 0 Å². The summed E-state index contributed by atoms with van der Waals surface area (Å²) in [6.45, 7) is 6.88. The summed E-state index contributed by atoms with van der Waals surface area (Å²) in [6.07, 6.45) is 6.12. The van der Waals surface area contributed by atoms with Crippen LogP contribution < -0.4 is 0 Å². The SMILES string of the molecule is Cc1ccc(-n2nnc(C(=O)N3CCC(C(=O)N4CCCCCC4)CC3)c2C)cc1. The Morgan fingerprint density at radius 2 is 1.50 bits per heavy atom. The molecule has 2 aliphatic heterocycles. The highest BCUT2D eigenvalue weighted by atomic mass is 16.2. The minimum absolute atomic E-state index is 0.0384. The van der Waals surface area contributed by atoms with Crippen molar-refractivity contribution in [1.82, 2.24) is 24.8 Å². The summed E-state index contributed by atoms with van der Waals surface area (Å²) in [5, 5.41) is 8.38. The van der Waals surface area contributed by atoms with Crippen molar-refractivity contribution in [2.75, 3.05) is 26.2 Å². The minimum Gasteiger partial charge on any atom is -0.342 e. The predicted octanol–water partition coefficient (Wildman–Crippen LogP) is 3.14. The summed E-state index contributed by atoms with van der Waals surface area (Å²) < 4.78 is 1.71. The van der Waals surface area contributed by atoms with Gasteiger partial charge in [0.25, 0.3) is 5.91 Å². The molecule has 0 unspecified atom stereocenters. The normalized spacial score (nSPS) is 18.3. The first-order valence-corrected chi connectivity index (χ1v) is 11.1. The molecule has 2 aliphatic rings. The van der Waals surface area contributed by atoms with Gasteiger partial charge in [0.05, 0.1) is 11.4 Å². The largest absolute Gasteiger partial charge is 0.342 e. The number of piperidine rings is 1. The van der Waals surface area contributed by atoms with Crippen molar-refractivity contribution < 1.29 is 9.59 Å². The molecule has 0 atom stereocenters. The van der Waals surface area contributed by atoms with Crippen LogP contribution in [0, 0.1) is 19.8 Å². The van der Waals surface area contributed by atoms with Gasteiger partial charge in [-0.05, 0) is 51.7 Å². The molecule has 7 heteroatoms. The Hall–Kier alpha value is -2.70. The molecule has 0 spiro atoms. The highest BCUT2D eigenvalue weighted by molar-refractivity contribution is 5.93. The van der Waals surface area contributed by atoms with E-state index in [0.29, 0.717) is 18.8 Å². The molecule has 30 heavy (non-hydrogen) atoms. The zero-order valence-corrected chi connectivity index (χ0v) is 18.0. The number of carbonyl (C=O) groups excluding carboxylic acids is 2. The molecule has 160 valence electrons. The number of rotatable bonds is 3. The molecule has 2 saturated heterocycles. The Balaban J connectivity index is 1.39. The number of benzene rings is 1. The Kier molecular flexibility index (Phi) is 6.16. The molecule has 1 aromatic carbocycles. The first-order chi connectivity index (χ1) is 14.5. The third-order valence-corrected chi connectivity index (χ3v) is 6.42. The first kappa shape index (κ1) is 20.6. The van der Waals surface area contributed by atoms with Crippen LogP contribution in [0.4, 0.5) is 0 Å². The van der Waals surface area contributed by atoms with E-state index in [1.54, 1.807) is 4.68 Å². The van der Waals surface area contributed by atoms with Gasteiger partial charge in [0.1, 0.15) is 0 Å². The summed E-state index contributed by atoms with van der Waals surface area (Å²) in [5.74, 6) is 0.230. The van der Waals surface area contributed by atoms with Crippen molar-refractivity contribution >= 4 is 11.8 Å². The number of hydrogen-bond acceptors (Lipinski definition) is 4. The lowest BCUT2D eigenvalue weighted by molar-refractivity contribution is -0.136. The summed E-state index contributed by atoms with van der Waals surface area (Å²) in [5.41, 5.74) is 3.20. The van der Waals surface area contributed by atoms with E-state index in [1.165, 1.54) is 18.4 Å². The third-order valence-electron chi connectivity index (χ3n) is 6.42. The minimum atomic E-state index is -0.0912. The van der Waals surface area contributed by atoms with Gasteiger partial charge in [0.15, 0.2) is 5.69 Å². The van der Waals surface area contributed by atoms with Crippen LogP contribution in [0.2, 0.25) is 0 Å². The molecule has 0 N–H and O–H groups in total. The van der Waals surface area contributed by atoms with E-state index in [-0.39, 0.29) is 17.7 Å². The van der Waals surface area contributed by atoms with Crippen LogP contribution in [0.5, 0.6) is 0 Å². The Labute approximate surface area is 178 Å². The zero-order chi connectivity index (χ0) is 21.1. The fourth-order valence-corrected chi connectivity index (χ4v) is 4.49. The van der Waals surface area contributed by atoms with Gasteiger partial charge in [-0.3, -0.25) is 9.59 Å². The first-order valence-electron chi connectivity index (χ1n) is 11.1. The van der Waals surface area contributed by atoms with Crippen LogP contribution in [0.1, 0.15) is 60.3 Å². The third kappa shape index (κ3) is 4.25. The lowest BCUT2D eigenvalue weighted by Gasteiger charge is -2.33. The maximum absolute atomic E-state index is 13.1. The van der Waals surface area contributed by atoms with Gasteiger partial charge in [0.2, 0.25) is 5.91 Å². The van der Waals surface area contributed by atoms with Crippen LogP contribution >= 0.6 is 0 Å². The summed E-state index contributed by atoms with van der Waals surface area (Å²) >= 11 is 0. The fourth-order valence-electron chi connectivity index (χ4n) is 4.49. The van der Waals surface area contributed by atoms with Gasteiger partial charge in [-0.25, -0.2) is 4.68 Å². The maximum Gasteiger partial charge on any atom is 0.276 e. The number of carbonyl (C=O) groups is 2. The van der Waals surface area contributed by atoms with Crippen molar-refractivity contribution in [3.63, 3.8) is 0 Å². The molecule has 3 heterocycles. The number of likely N-dealkylation sites (tertiary alicyclic amines) is 2. The van der Waals surface area contributed by atoms with Gasteiger partial charge in [0, 0.05) is 32.1 Å². The topological polar surface area (TPSA) is 71.3 Å². The molecular weight excluding hydrogens is 378 g/mol. The molecule has 0 bridgehead atoms. The van der Waals surface area contributed by atoms with Crippen LogP contribution in [0.15, 0.2) is 24.3 Å². The molecule has 0 radical (unpaired) electrons. The molecule has 0 saturated carbocycles. The number of hydrogen-bond donors (Lipinski definition) is 0. The van der Waals surface area contributed by atoms with Crippen molar-refractivity contribution in [2.24, 2.45) is 5.92 Å². The maximum atomic E-state index is 13.1. The smallest absolute Gasteiger partial charge is 0.276 e. The van der Waals surface area contributed by atoms with Crippen LogP contribution in [-0.4, -0.2) is 62.8 Å². The van der Waals surface area contributed by atoms with E-state index in [2.05, 4.69) is 10.3 Å². The zero-order valence-electron chi connectivity index (χ0n) is 18.0. The van der Waals surface area contributed by atoms with Gasteiger partial charge in [-0.2, -0.15) is 0 Å². The Morgan fingerprint density at radius 3 is 2.13 bits per heavy atom. The second kappa shape index (κ2) is 8.98. The summed E-state index contributed by atoms with van der Waals surface area (Å²) in [6, 6.07) is 7.99. The standard InChI is InChI=1S/C23H31N5O2/c1-17-7-9-20(10-8-17)28-18(2)21(24-25-28)23(30)27-15-11-19(12-16-27)22(29)26-13-5-3-4-6-14-26/h7-10,19H,3-6,11-16H2,1-2H3. The Bertz CT molecular complexity index is 889. The summed E-state index contributed by atoms with van der Waals surface area (Å²) in [4.78, 5) is 29.8. The fraction of sp³-hybridized carbons (Fsp3) is 0.565. The van der Waals surface area contributed by atoms with Gasteiger partial charge < -0.3 is 9.80 Å². The van der Waals surface area contributed by atoms with E-state index in [9.17, 15) is 9.59 Å². The monoisotopic (exact) mass is 409 g/mol. The lowest BCUT2D eigenvalue weighted by atomic mass is 9.95. The van der Waals surface area contributed by atoms with Gasteiger partial charge in [-0.1, -0.05) is 35.8 Å². The Morgan fingerprint density at radius 1 is 0.867 bits per heavy atom. The molecule has 7 nitrogen and oxygen atoms in total. The number of aromatic nitrogens is 3. The van der Waals surface area contributed by atoms with Gasteiger partial charge in [-0.15, -0.1) is 5.10 Å². The highest BCUT2D eigenvalue weighted by Gasteiger charge is 2.32. The molecule has 1 aromatic heterocycles. The lowest BCUT2D eigenvalue weighted by Crippen LogP contribution is -2.44. The quantitative estimate of drug-likeness (QED) is 0.781. The molecular formula is C23H31N5O2. The molecule has 2 aromatic rings.